The molecule has 24 heavy (non-hydrogen) atoms. The van der Waals surface area contributed by atoms with Gasteiger partial charge in [-0.05, 0) is 65.8 Å². The summed E-state index contributed by atoms with van der Waals surface area (Å²) < 4.78 is 0. The maximum Gasteiger partial charge on any atom is 0.273 e. The smallest absolute Gasteiger partial charge is 0.258 e. The number of benzene rings is 2. The van der Waals surface area contributed by atoms with E-state index < -0.39 is 0 Å². The van der Waals surface area contributed by atoms with E-state index in [0.717, 1.165) is 17.5 Å². The fraction of sp³-hybridized carbons (Fsp3) is 0.333. The standard InChI is InChI=1S/C21H19NO2/c1-11-8-16-15-4-3-5-18(22(23)24)21(15)20-14-7-6-13(10-14)19(20)17(16)9-12(11)2/h3-9,13-14,19-20H,10H2,1-2H3. The topological polar surface area (TPSA) is 43.1 Å². The second-order valence-electron chi connectivity index (χ2n) is 7.52. The monoisotopic (exact) mass is 317 g/mol. The molecule has 3 nitrogen and oxygen atoms in total. The fourth-order valence-electron chi connectivity index (χ4n) is 5.28. The zero-order chi connectivity index (χ0) is 16.6. The van der Waals surface area contributed by atoms with Crippen LogP contribution >= 0.6 is 0 Å². The summed E-state index contributed by atoms with van der Waals surface area (Å²) in [4.78, 5) is 11.5. The highest BCUT2D eigenvalue weighted by atomic mass is 16.6. The van der Waals surface area contributed by atoms with E-state index in [1.807, 2.05) is 6.07 Å². The van der Waals surface area contributed by atoms with Gasteiger partial charge in [-0.2, -0.15) is 0 Å². The van der Waals surface area contributed by atoms with Gasteiger partial charge in [0.1, 0.15) is 0 Å². The summed E-state index contributed by atoms with van der Waals surface area (Å²) in [5.41, 5.74) is 7.51. The highest BCUT2D eigenvalue weighted by Crippen LogP contribution is 2.64. The molecular weight excluding hydrogens is 298 g/mol. The molecule has 4 unspecified atom stereocenters. The van der Waals surface area contributed by atoms with E-state index in [0.29, 0.717) is 23.4 Å². The van der Waals surface area contributed by atoms with Crippen LogP contribution in [0.3, 0.4) is 0 Å². The minimum absolute atomic E-state index is 0.197. The first-order chi connectivity index (χ1) is 11.6. The van der Waals surface area contributed by atoms with Crippen molar-refractivity contribution in [3.8, 4) is 11.1 Å². The van der Waals surface area contributed by atoms with E-state index in [9.17, 15) is 10.1 Å². The summed E-state index contributed by atoms with van der Waals surface area (Å²) in [6, 6.07) is 10.1. The molecule has 3 heteroatoms. The predicted molar refractivity (Wildman–Crippen MR) is 94.2 cm³/mol. The lowest BCUT2D eigenvalue weighted by molar-refractivity contribution is -0.385. The zero-order valence-electron chi connectivity index (χ0n) is 13.8. The highest BCUT2D eigenvalue weighted by molar-refractivity contribution is 5.80. The van der Waals surface area contributed by atoms with E-state index in [1.54, 1.807) is 6.07 Å². The minimum Gasteiger partial charge on any atom is -0.258 e. The molecule has 1 fully saturated rings. The Hall–Kier alpha value is -2.42. The number of nitrogens with zero attached hydrogens (tertiary/aromatic N) is 1. The zero-order valence-corrected chi connectivity index (χ0v) is 13.8. The summed E-state index contributed by atoms with van der Waals surface area (Å²) in [7, 11) is 0. The SMILES string of the molecule is Cc1cc2c(cc1C)C1C3C=CC(C3)C1c1c-2cccc1[N+](=O)[O-]. The van der Waals surface area contributed by atoms with E-state index in [-0.39, 0.29) is 10.8 Å². The molecule has 4 atom stereocenters. The Morgan fingerprint density at radius 2 is 1.71 bits per heavy atom. The Bertz CT molecular complexity index is 928. The van der Waals surface area contributed by atoms with Crippen molar-refractivity contribution in [2.24, 2.45) is 11.8 Å². The number of nitro groups is 1. The molecule has 1 saturated carbocycles. The van der Waals surface area contributed by atoms with E-state index >= 15 is 0 Å². The lowest BCUT2D eigenvalue weighted by atomic mass is 9.66. The average Bonchev–Trinajstić information content (AvgIpc) is 3.17. The molecule has 3 aliphatic rings. The van der Waals surface area contributed by atoms with Gasteiger partial charge in [0.15, 0.2) is 0 Å². The summed E-state index contributed by atoms with van der Waals surface area (Å²) >= 11 is 0. The molecule has 0 spiro atoms. The molecule has 3 aliphatic carbocycles. The van der Waals surface area contributed by atoms with Gasteiger partial charge in [0.2, 0.25) is 0 Å². The third-order valence-corrected chi connectivity index (χ3v) is 6.39. The first kappa shape index (κ1) is 14.0. The maximum atomic E-state index is 11.7. The molecule has 0 amide bonds. The number of hydrogen-bond donors (Lipinski definition) is 0. The Kier molecular flexibility index (Phi) is 2.66. The summed E-state index contributed by atoms with van der Waals surface area (Å²) in [6.45, 7) is 4.29. The van der Waals surface area contributed by atoms with E-state index in [4.69, 9.17) is 0 Å². The molecule has 120 valence electrons. The molecule has 0 N–H and O–H groups in total. The molecule has 5 rings (SSSR count). The summed E-state index contributed by atoms with van der Waals surface area (Å²) in [5, 5.41) is 11.7. The van der Waals surface area contributed by atoms with Crippen molar-refractivity contribution >= 4 is 5.69 Å². The van der Waals surface area contributed by atoms with Gasteiger partial charge in [0.05, 0.1) is 4.92 Å². The van der Waals surface area contributed by atoms with Gasteiger partial charge in [-0.3, -0.25) is 10.1 Å². The van der Waals surface area contributed by atoms with Crippen LogP contribution in [0.4, 0.5) is 5.69 Å². The van der Waals surface area contributed by atoms with Crippen LogP contribution in [-0.4, -0.2) is 4.92 Å². The van der Waals surface area contributed by atoms with Crippen LogP contribution in [0.25, 0.3) is 11.1 Å². The Balaban J connectivity index is 1.88. The molecule has 0 radical (unpaired) electrons. The van der Waals surface area contributed by atoms with Gasteiger partial charge in [0.25, 0.3) is 5.69 Å². The predicted octanol–water partition coefficient (Wildman–Crippen LogP) is 5.27. The van der Waals surface area contributed by atoms with Gasteiger partial charge in [-0.1, -0.05) is 36.4 Å². The van der Waals surface area contributed by atoms with Crippen molar-refractivity contribution < 1.29 is 4.92 Å². The quantitative estimate of drug-likeness (QED) is 0.409. The maximum absolute atomic E-state index is 11.7. The molecular formula is C21H19NO2. The molecule has 2 aromatic rings. The van der Waals surface area contributed by atoms with Gasteiger partial charge in [0, 0.05) is 17.5 Å². The van der Waals surface area contributed by atoms with Crippen molar-refractivity contribution in [3.05, 3.63) is 74.9 Å². The van der Waals surface area contributed by atoms with Crippen LogP contribution in [0.15, 0.2) is 42.5 Å². The second kappa shape index (κ2) is 4.56. The fourth-order valence-corrected chi connectivity index (χ4v) is 5.28. The second-order valence-corrected chi connectivity index (χ2v) is 7.52. The number of hydrogen-bond acceptors (Lipinski definition) is 2. The molecule has 0 aliphatic heterocycles. The van der Waals surface area contributed by atoms with Crippen molar-refractivity contribution in [1.82, 2.24) is 0 Å². The summed E-state index contributed by atoms with van der Waals surface area (Å²) in [6.07, 6.45) is 5.76. The third-order valence-electron chi connectivity index (χ3n) is 6.39. The first-order valence-electron chi connectivity index (χ1n) is 8.63. The Labute approximate surface area is 141 Å². The number of fused-ring (bicyclic) bond motifs is 10. The van der Waals surface area contributed by atoms with Gasteiger partial charge < -0.3 is 0 Å². The van der Waals surface area contributed by atoms with Gasteiger partial charge >= 0.3 is 0 Å². The average molecular weight is 317 g/mol. The van der Waals surface area contributed by atoms with Crippen molar-refractivity contribution in [2.75, 3.05) is 0 Å². The number of rotatable bonds is 1. The Morgan fingerprint density at radius 3 is 2.46 bits per heavy atom. The molecule has 0 heterocycles. The normalized spacial score (nSPS) is 28.4. The van der Waals surface area contributed by atoms with Crippen LogP contribution < -0.4 is 0 Å². The highest BCUT2D eigenvalue weighted by Gasteiger charge is 2.51. The van der Waals surface area contributed by atoms with Crippen LogP contribution in [-0.2, 0) is 0 Å². The summed E-state index contributed by atoms with van der Waals surface area (Å²) in [5.74, 6) is 1.61. The van der Waals surface area contributed by atoms with Gasteiger partial charge in [-0.25, -0.2) is 0 Å². The lowest BCUT2D eigenvalue weighted by Gasteiger charge is -2.36. The van der Waals surface area contributed by atoms with Crippen LogP contribution in [0.5, 0.6) is 0 Å². The van der Waals surface area contributed by atoms with E-state index in [1.165, 1.54) is 22.3 Å². The molecule has 0 aromatic heterocycles. The molecule has 2 aromatic carbocycles. The number of allylic oxidation sites excluding steroid dienone is 2. The van der Waals surface area contributed by atoms with Crippen molar-refractivity contribution in [2.45, 2.75) is 32.1 Å². The van der Waals surface area contributed by atoms with Gasteiger partial charge in [-0.15, -0.1) is 0 Å². The largest absolute Gasteiger partial charge is 0.273 e. The number of nitro benzene ring substituents is 1. The van der Waals surface area contributed by atoms with Crippen LogP contribution in [0.2, 0.25) is 0 Å². The molecule has 0 saturated heterocycles. The molecule has 2 bridgehead atoms. The third kappa shape index (κ3) is 1.62. The van der Waals surface area contributed by atoms with Crippen LogP contribution in [0, 0.1) is 35.8 Å². The first-order valence-corrected chi connectivity index (χ1v) is 8.63. The lowest BCUT2D eigenvalue weighted by Crippen LogP contribution is -2.23. The Morgan fingerprint density at radius 1 is 1.00 bits per heavy atom. The van der Waals surface area contributed by atoms with Crippen molar-refractivity contribution in [3.63, 3.8) is 0 Å². The minimum atomic E-state index is -0.197. The number of aryl methyl sites for hydroxylation is 2. The van der Waals surface area contributed by atoms with Crippen molar-refractivity contribution in [1.29, 1.82) is 0 Å². The van der Waals surface area contributed by atoms with E-state index in [2.05, 4.69) is 44.2 Å². The van der Waals surface area contributed by atoms with Crippen LogP contribution in [0.1, 0.15) is 40.5 Å².